The molecule has 3 rings (SSSR count). The summed E-state index contributed by atoms with van der Waals surface area (Å²) < 4.78 is 17.2. The van der Waals surface area contributed by atoms with Gasteiger partial charge in [0.05, 0.1) is 17.2 Å². The Kier molecular flexibility index (Phi) is 5.43. The minimum Gasteiger partial charge on any atom is -0.467 e. The van der Waals surface area contributed by atoms with Crippen LogP contribution in [-0.2, 0) is 34.5 Å². The fourth-order valence-electron chi connectivity index (χ4n) is 2.68. The zero-order valence-electron chi connectivity index (χ0n) is 14.6. The van der Waals surface area contributed by atoms with Crippen molar-refractivity contribution in [2.45, 2.75) is 20.1 Å². The molecule has 1 aromatic carbocycles. The number of carbonyl (C=O) groups is 1. The molecule has 0 radical (unpaired) electrons. The Morgan fingerprint density at radius 2 is 2.30 bits per heavy atom. The number of esters is 1. The Morgan fingerprint density at radius 1 is 1.52 bits per heavy atom. The van der Waals surface area contributed by atoms with Gasteiger partial charge in [0.1, 0.15) is 17.5 Å². The van der Waals surface area contributed by atoms with Crippen molar-refractivity contribution in [3.8, 4) is 5.75 Å². The van der Waals surface area contributed by atoms with E-state index < -0.39 is 10.9 Å². The van der Waals surface area contributed by atoms with E-state index in [2.05, 4.69) is 5.10 Å². The molecule has 1 aliphatic rings. The summed E-state index contributed by atoms with van der Waals surface area (Å²) in [6.45, 7) is 1.82. The highest BCUT2D eigenvalue weighted by Crippen LogP contribution is 2.33. The molecular weight excluding hydrogens is 378 g/mol. The van der Waals surface area contributed by atoms with Crippen LogP contribution in [0.1, 0.15) is 22.4 Å². The number of ether oxygens (including phenoxy) is 3. The van der Waals surface area contributed by atoms with E-state index in [0.717, 1.165) is 0 Å². The largest absolute Gasteiger partial charge is 0.467 e. The third kappa shape index (κ3) is 4.09. The van der Waals surface area contributed by atoms with Crippen LogP contribution in [0.5, 0.6) is 5.75 Å². The molecule has 0 aliphatic carbocycles. The zero-order valence-corrected chi connectivity index (χ0v) is 15.4. The Hall–Kier alpha value is -2.91. The second-order valence-corrected chi connectivity index (χ2v) is 6.17. The molecule has 142 valence electrons. The number of halogens is 1. The molecule has 0 bridgehead atoms. The molecule has 0 amide bonds. The first kappa shape index (κ1) is 18.9. The van der Waals surface area contributed by atoms with E-state index in [1.165, 1.54) is 29.0 Å². The second-order valence-electron chi connectivity index (χ2n) is 5.82. The summed E-state index contributed by atoms with van der Waals surface area (Å²) in [5, 5.41) is 15.6. The monoisotopic (exact) mass is 393 g/mol. The zero-order chi connectivity index (χ0) is 19.6. The number of benzene rings is 1. The average molecular weight is 394 g/mol. The van der Waals surface area contributed by atoms with E-state index in [0.29, 0.717) is 33.3 Å². The lowest BCUT2D eigenvalue weighted by atomic mass is 10.1. The van der Waals surface area contributed by atoms with Gasteiger partial charge in [0.15, 0.2) is 6.79 Å². The number of carbonyl (C=O) groups excluding carboxylic acids is 1. The second kappa shape index (κ2) is 7.77. The molecular formula is C17H16ClN3O6. The fraction of sp³-hybridized carbons (Fsp3) is 0.294. The van der Waals surface area contributed by atoms with Crippen LogP contribution in [0, 0.1) is 17.0 Å². The number of nitro benzene ring substituents is 1. The topological polar surface area (TPSA) is 106 Å². The van der Waals surface area contributed by atoms with Crippen molar-refractivity contribution in [2.24, 2.45) is 7.05 Å². The molecule has 10 heteroatoms. The number of aryl methyl sites for hydroxylation is 2. The third-order valence-corrected chi connectivity index (χ3v) is 4.38. The van der Waals surface area contributed by atoms with E-state index in [-0.39, 0.29) is 25.7 Å². The van der Waals surface area contributed by atoms with Crippen molar-refractivity contribution in [3.05, 3.63) is 55.9 Å². The summed E-state index contributed by atoms with van der Waals surface area (Å²) in [6, 6.07) is 2.70. The molecule has 0 spiro atoms. The summed E-state index contributed by atoms with van der Waals surface area (Å²) in [5.41, 5.74) is 2.11. The highest BCUT2D eigenvalue weighted by molar-refractivity contribution is 6.31. The summed E-state index contributed by atoms with van der Waals surface area (Å²) in [5.74, 6) is -0.184. The number of fused-ring (bicyclic) bond motifs is 1. The van der Waals surface area contributed by atoms with Crippen molar-refractivity contribution in [1.29, 1.82) is 0 Å². The first-order valence-corrected chi connectivity index (χ1v) is 8.29. The van der Waals surface area contributed by atoms with Crippen LogP contribution < -0.4 is 4.74 Å². The molecule has 2 heterocycles. The first-order chi connectivity index (χ1) is 12.9. The Labute approximate surface area is 159 Å². The maximum atomic E-state index is 12.0. The number of hydrogen-bond acceptors (Lipinski definition) is 7. The van der Waals surface area contributed by atoms with Crippen molar-refractivity contribution in [2.75, 3.05) is 6.79 Å². The molecule has 0 saturated carbocycles. The van der Waals surface area contributed by atoms with E-state index in [1.807, 2.05) is 0 Å². The van der Waals surface area contributed by atoms with Crippen molar-refractivity contribution >= 4 is 29.3 Å². The van der Waals surface area contributed by atoms with Gasteiger partial charge in [0.25, 0.3) is 5.69 Å². The molecule has 0 saturated heterocycles. The molecule has 0 N–H and O–H groups in total. The van der Waals surface area contributed by atoms with Crippen molar-refractivity contribution in [1.82, 2.24) is 9.78 Å². The normalized spacial score (nSPS) is 13.3. The molecule has 0 unspecified atom stereocenters. The van der Waals surface area contributed by atoms with Crippen LogP contribution in [-0.4, -0.2) is 27.5 Å². The smallest absolute Gasteiger partial charge is 0.331 e. The predicted octanol–water partition coefficient (Wildman–Crippen LogP) is 2.91. The van der Waals surface area contributed by atoms with Gasteiger partial charge in [-0.05, 0) is 13.0 Å². The number of rotatable bonds is 5. The van der Waals surface area contributed by atoms with Crippen LogP contribution in [0.25, 0.3) is 6.08 Å². The maximum Gasteiger partial charge on any atom is 0.331 e. The minimum atomic E-state index is -0.623. The van der Waals surface area contributed by atoms with Crippen LogP contribution in [0.4, 0.5) is 5.69 Å². The van der Waals surface area contributed by atoms with E-state index in [4.69, 9.17) is 25.8 Å². The molecule has 0 atom stereocenters. The van der Waals surface area contributed by atoms with Crippen LogP contribution in [0.15, 0.2) is 18.2 Å². The number of nitrogens with zero attached hydrogens (tertiary/aromatic N) is 3. The number of hydrogen-bond donors (Lipinski definition) is 0. The Balaban J connectivity index is 1.74. The molecule has 27 heavy (non-hydrogen) atoms. The Bertz CT molecular complexity index is 937. The van der Waals surface area contributed by atoms with Gasteiger partial charge in [-0.3, -0.25) is 14.8 Å². The average Bonchev–Trinajstić information content (AvgIpc) is 2.89. The summed E-state index contributed by atoms with van der Waals surface area (Å²) in [4.78, 5) is 22.6. The highest BCUT2D eigenvalue weighted by Gasteiger charge is 2.21. The number of aromatic nitrogens is 2. The number of nitro groups is 1. The van der Waals surface area contributed by atoms with E-state index in [9.17, 15) is 14.9 Å². The lowest BCUT2D eigenvalue weighted by Gasteiger charge is -2.20. The standard InChI is InChI=1S/C17H16ClN3O6/c1-10-14(17(18)20(2)19-10)3-4-15(22)26-8-12-6-13(21(23)24)5-11-7-25-9-27-16(11)12/h3-6H,7-9H2,1-2H3/b4-3+. The van der Waals surface area contributed by atoms with Gasteiger partial charge in [0, 0.05) is 41.9 Å². The predicted molar refractivity (Wildman–Crippen MR) is 95.2 cm³/mol. The molecule has 0 fully saturated rings. The van der Waals surface area contributed by atoms with E-state index >= 15 is 0 Å². The van der Waals surface area contributed by atoms with Gasteiger partial charge < -0.3 is 14.2 Å². The fourth-order valence-corrected chi connectivity index (χ4v) is 2.92. The first-order valence-electron chi connectivity index (χ1n) is 7.91. The third-order valence-electron chi connectivity index (χ3n) is 3.93. The maximum absolute atomic E-state index is 12.0. The number of non-ortho nitro benzene ring substituents is 1. The van der Waals surface area contributed by atoms with Gasteiger partial charge in [0.2, 0.25) is 0 Å². The van der Waals surface area contributed by atoms with Gasteiger partial charge >= 0.3 is 5.97 Å². The van der Waals surface area contributed by atoms with E-state index in [1.54, 1.807) is 14.0 Å². The Morgan fingerprint density at radius 3 is 2.96 bits per heavy atom. The summed E-state index contributed by atoms with van der Waals surface area (Å²) in [7, 11) is 1.69. The van der Waals surface area contributed by atoms with Gasteiger partial charge in [-0.25, -0.2) is 4.79 Å². The quantitative estimate of drug-likeness (QED) is 0.332. The van der Waals surface area contributed by atoms with Gasteiger partial charge in [-0.15, -0.1) is 0 Å². The molecule has 1 aliphatic heterocycles. The van der Waals surface area contributed by atoms with Crippen LogP contribution in [0.3, 0.4) is 0 Å². The lowest BCUT2D eigenvalue weighted by molar-refractivity contribution is -0.385. The lowest BCUT2D eigenvalue weighted by Crippen LogP contribution is -2.14. The van der Waals surface area contributed by atoms with Crippen molar-refractivity contribution in [3.63, 3.8) is 0 Å². The SMILES string of the molecule is Cc1nn(C)c(Cl)c1/C=C/C(=O)OCc1cc([N+](=O)[O-])cc2c1OCOC2. The van der Waals surface area contributed by atoms with Gasteiger partial charge in [-0.1, -0.05) is 11.6 Å². The summed E-state index contributed by atoms with van der Waals surface area (Å²) in [6.07, 6.45) is 2.74. The van der Waals surface area contributed by atoms with Crippen LogP contribution >= 0.6 is 11.6 Å². The minimum absolute atomic E-state index is 0.0322. The molecule has 2 aromatic rings. The van der Waals surface area contributed by atoms with Gasteiger partial charge in [-0.2, -0.15) is 5.10 Å². The molecule has 9 nitrogen and oxygen atoms in total. The molecule has 1 aromatic heterocycles. The summed E-state index contributed by atoms with van der Waals surface area (Å²) >= 11 is 6.10. The van der Waals surface area contributed by atoms with Crippen molar-refractivity contribution < 1.29 is 23.9 Å². The van der Waals surface area contributed by atoms with Crippen LogP contribution in [0.2, 0.25) is 5.15 Å². The highest BCUT2D eigenvalue weighted by atomic mass is 35.5.